The zero-order chi connectivity index (χ0) is 29.1. The van der Waals surface area contributed by atoms with Gasteiger partial charge in [0.25, 0.3) is 0 Å². The first-order valence-corrected chi connectivity index (χ1v) is 16.6. The molecule has 3 aromatic rings. The second-order valence-electron chi connectivity index (χ2n) is 10.3. The lowest BCUT2D eigenvalue weighted by molar-refractivity contribution is -0.124. The number of aliphatic hydroxyl groups excluding tert-OH is 1. The molecule has 1 aliphatic heterocycles. The second kappa shape index (κ2) is 15.5. The molecule has 1 heterocycles. The molecular formula is C33H41NO5S2. The fourth-order valence-electron chi connectivity index (χ4n) is 5.09. The van der Waals surface area contributed by atoms with Gasteiger partial charge in [0, 0.05) is 17.4 Å². The van der Waals surface area contributed by atoms with Crippen molar-refractivity contribution in [2.75, 3.05) is 26.6 Å². The Hall–Kier alpha value is -2.65. The molecule has 0 aromatic heterocycles. The maximum atomic E-state index is 12.9. The molecule has 1 saturated heterocycles. The highest BCUT2D eigenvalue weighted by molar-refractivity contribution is 8.77. The van der Waals surface area contributed by atoms with Crippen LogP contribution in [0.4, 0.5) is 0 Å². The molecule has 0 saturated carbocycles. The number of hydrogen-bond acceptors (Lipinski definition) is 7. The summed E-state index contributed by atoms with van der Waals surface area (Å²) in [6, 6.07) is 25.1. The summed E-state index contributed by atoms with van der Waals surface area (Å²) < 4.78 is 17.7. The van der Waals surface area contributed by atoms with Gasteiger partial charge in [-0.25, -0.2) is 0 Å². The van der Waals surface area contributed by atoms with Crippen LogP contribution in [0.3, 0.4) is 0 Å². The van der Waals surface area contributed by atoms with Gasteiger partial charge in [-0.2, -0.15) is 0 Å². The average Bonchev–Trinajstić information content (AvgIpc) is 3.54. The summed E-state index contributed by atoms with van der Waals surface area (Å²) in [6.07, 6.45) is 3.92. The molecule has 1 aliphatic rings. The van der Waals surface area contributed by atoms with E-state index in [9.17, 15) is 9.90 Å². The molecule has 0 aliphatic carbocycles. The number of aliphatic hydroxyl groups is 1. The normalized spacial score (nSPS) is 16.6. The van der Waals surface area contributed by atoms with Gasteiger partial charge in [-0.3, -0.25) is 4.79 Å². The van der Waals surface area contributed by atoms with E-state index in [0.717, 1.165) is 47.5 Å². The first kappa shape index (κ1) is 31.3. The molecule has 220 valence electrons. The Labute approximate surface area is 252 Å². The lowest BCUT2D eigenvalue weighted by atomic mass is 9.80. The van der Waals surface area contributed by atoms with Crippen LogP contribution in [0.5, 0.6) is 11.5 Å². The van der Waals surface area contributed by atoms with E-state index in [0.29, 0.717) is 11.7 Å². The third-order valence-electron chi connectivity index (χ3n) is 7.49. The van der Waals surface area contributed by atoms with Gasteiger partial charge in [-0.05, 0) is 67.1 Å². The minimum atomic E-state index is -1.02. The van der Waals surface area contributed by atoms with E-state index >= 15 is 0 Å². The molecular weight excluding hydrogens is 554 g/mol. The van der Waals surface area contributed by atoms with Crippen molar-refractivity contribution in [1.29, 1.82) is 0 Å². The first-order chi connectivity index (χ1) is 20.0. The second-order valence-corrected chi connectivity index (χ2v) is 13.1. The van der Waals surface area contributed by atoms with Crippen LogP contribution >= 0.6 is 21.6 Å². The highest BCUT2D eigenvalue weighted by Crippen LogP contribution is 2.42. The van der Waals surface area contributed by atoms with Gasteiger partial charge in [0.05, 0.1) is 33.0 Å². The number of methoxy groups -OCH3 is 2. The van der Waals surface area contributed by atoms with Crippen molar-refractivity contribution in [1.82, 2.24) is 5.32 Å². The van der Waals surface area contributed by atoms with Gasteiger partial charge in [0.2, 0.25) is 5.91 Å². The van der Waals surface area contributed by atoms with Crippen molar-refractivity contribution in [3.8, 4) is 11.5 Å². The fraction of sp³-hybridized carbons (Fsp3) is 0.424. The Kier molecular flexibility index (Phi) is 11.9. The van der Waals surface area contributed by atoms with Crippen molar-refractivity contribution >= 4 is 27.5 Å². The maximum Gasteiger partial charge on any atom is 0.220 e. The molecule has 0 bridgehead atoms. The summed E-state index contributed by atoms with van der Waals surface area (Å²) in [5.74, 6) is 2.64. The van der Waals surface area contributed by atoms with E-state index in [1.807, 2.05) is 100 Å². The third kappa shape index (κ3) is 8.22. The zero-order valence-corrected chi connectivity index (χ0v) is 25.7. The number of unbranched alkanes of at least 4 members (excludes halogenated alkanes) is 1. The van der Waals surface area contributed by atoms with Crippen LogP contribution in [0.15, 0.2) is 78.9 Å². The number of hydrogen-bond donors (Lipinski definition) is 2. The Bertz CT molecular complexity index is 1150. The van der Waals surface area contributed by atoms with E-state index in [1.165, 1.54) is 12.2 Å². The van der Waals surface area contributed by atoms with Gasteiger partial charge in [-0.15, -0.1) is 0 Å². The average molecular weight is 596 g/mol. The van der Waals surface area contributed by atoms with Crippen LogP contribution in [-0.2, 0) is 15.1 Å². The molecule has 6 nitrogen and oxygen atoms in total. The molecule has 3 unspecified atom stereocenters. The summed E-state index contributed by atoms with van der Waals surface area (Å²) in [5.41, 5.74) is 1.70. The number of ether oxygens (including phenoxy) is 3. The molecule has 8 heteroatoms. The molecule has 1 amide bonds. The molecule has 0 spiro atoms. The lowest BCUT2D eigenvalue weighted by Crippen LogP contribution is -2.47. The zero-order valence-electron chi connectivity index (χ0n) is 24.1. The maximum absolute atomic E-state index is 12.9. The lowest BCUT2D eigenvalue weighted by Gasteiger charge is -2.37. The third-order valence-corrected chi connectivity index (χ3v) is 10.5. The summed E-state index contributed by atoms with van der Waals surface area (Å²) in [6.45, 7) is 1.79. The van der Waals surface area contributed by atoms with E-state index < -0.39 is 17.7 Å². The van der Waals surface area contributed by atoms with Crippen molar-refractivity contribution in [2.24, 2.45) is 0 Å². The molecule has 0 radical (unpaired) electrons. The quantitative estimate of drug-likeness (QED) is 0.117. The molecule has 41 heavy (non-hydrogen) atoms. The predicted octanol–water partition coefficient (Wildman–Crippen LogP) is 6.59. The predicted molar refractivity (Wildman–Crippen MR) is 169 cm³/mol. The molecule has 2 N–H and O–H groups in total. The fourth-order valence-corrected chi connectivity index (χ4v) is 8.12. The van der Waals surface area contributed by atoms with Crippen LogP contribution in [-0.4, -0.2) is 55.0 Å². The van der Waals surface area contributed by atoms with Gasteiger partial charge >= 0.3 is 0 Å². The Morgan fingerprint density at radius 1 is 0.927 bits per heavy atom. The van der Waals surface area contributed by atoms with Crippen LogP contribution in [0, 0.1) is 0 Å². The molecule has 4 rings (SSSR count). The standard InChI is InChI=1S/C33H41NO5S2/c1-24(35)31(34-32(36)12-8-7-11-30-21-22-40-41-30)23-39-33(25-9-5-4-6-10-25,26-13-17-28(37-2)18-14-26)27-15-19-29(38-3)20-16-27/h4-6,9-10,13-20,24,30-31,35H,7-8,11-12,21-23H2,1-3H3,(H,34,36). The molecule has 1 fully saturated rings. The molecule has 3 aromatic carbocycles. The van der Waals surface area contributed by atoms with E-state index in [2.05, 4.69) is 5.32 Å². The molecule has 3 atom stereocenters. The minimum absolute atomic E-state index is 0.0628. The van der Waals surface area contributed by atoms with Crippen LogP contribution in [0.25, 0.3) is 0 Å². The summed E-state index contributed by atoms with van der Waals surface area (Å²) >= 11 is 0. The number of carbonyl (C=O) groups is 1. The number of benzene rings is 3. The summed E-state index contributed by atoms with van der Waals surface area (Å²) in [5, 5.41) is 14.4. The Morgan fingerprint density at radius 3 is 2.02 bits per heavy atom. The Balaban J connectivity index is 1.58. The summed E-state index contributed by atoms with van der Waals surface area (Å²) in [7, 11) is 7.20. The van der Waals surface area contributed by atoms with E-state index in [4.69, 9.17) is 14.2 Å². The van der Waals surface area contributed by atoms with E-state index in [-0.39, 0.29) is 12.5 Å². The van der Waals surface area contributed by atoms with Crippen molar-refractivity contribution < 1.29 is 24.1 Å². The van der Waals surface area contributed by atoms with Gasteiger partial charge in [-0.1, -0.05) is 82.6 Å². The van der Waals surface area contributed by atoms with Crippen LogP contribution in [0.1, 0.15) is 55.7 Å². The number of rotatable bonds is 15. The van der Waals surface area contributed by atoms with Crippen molar-refractivity contribution in [3.63, 3.8) is 0 Å². The SMILES string of the molecule is COc1ccc(C(OCC(NC(=O)CCCCC2CCSS2)C(C)O)(c2ccccc2)c2ccc(OC)cc2)cc1. The first-order valence-electron chi connectivity index (χ1n) is 14.2. The van der Waals surface area contributed by atoms with Crippen molar-refractivity contribution in [3.05, 3.63) is 95.6 Å². The summed E-state index contributed by atoms with van der Waals surface area (Å²) in [4.78, 5) is 12.9. The highest BCUT2D eigenvalue weighted by Gasteiger charge is 2.39. The minimum Gasteiger partial charge on any atom is -0.497 e. The van der Waals surface area contributed by atoms with Gasteiger partial charge < -0.3 is 24.6 Å². The highest BCUT2D eigenvalue weighted by atomic mass is 33.1. The topological polar surface area (TPSA) is 77.0 Å². The monoisotopic (exact) mass is 595 g/mol. The van der Waals surface area contributed by atoms with Crippen molar-refractivity contribution in [2.45, 2.75) is 62.0 Å². The number of carbonyl (C=O) groups excluding carboxylic acids is 1. The number of amides is 1. The van der Waals surface area contributed by atoms with Crippen LogP contribution in [0.2, 0.25) is 0 Å². The van der Waals surface area contributed by atoms with Gasteiger partial charge in [0.15, 0.2) is 0 Å². The Morgan fingerprint density at radius 2 is 1.51 bits per heavy atom. The number of nitrogens with one attached hydrogen (secondary N) is 1. The van der Waals surface area contributed by atoms with Gasteiger partial charge in [0.1, 0.15) is 17.1 Å². The largest absolute Gasteiger partial charge is 0.497 e. The van der Waals surface area contributed by atoms with E-state index in [1.54, 1.807) is 21.1 Å². The smallest absolute Gasteiger partial charge is 0.220 e. The van der Waals surface area contributed by atoms with Crippen LogP contribution < -0.4 is 14.8 Å².